The van der Waals surface area contributed by atoms with Crippen molar-refractivity contribution >= 4 is 29.8 Å². The third-order valence-corrected chi connectivity index (χ3v) is 9.05. The van der Waals surface area contributed by atoms with Crippen LogP contribution in [-0.2, 0) is 27.0 Å². The SMILES string of the molecule is CCCCCCCCCCCCNC(=O)c1ccc(CC(NC(=O)C(=O)O)C2CCN(C(=O)C=Cc3cccc(C(F)(F)F)c3)CC2)cc1. The van der Waals surface area contributed by atoms with Gasteiger partial charge in [-0.3, -0.25) is 14.4 Å². The monoisotopic (exact) mass is 685 g/mol. The Morgan fingerprint density at radius 2 is 1.51 bits per heavy atom. The van der Waals surface area contributed by atoms with Gasteiger partial charge >= 0.3 is 18.1 Å². The summed E-state index contributed by atoms with van der Waals surface area (Å²) >= 11 is 0. The van der Waals surface area contributed by atoms with Crippen LogP contribution in [0.15, 0.2) is 54.6 Å². The molecule has 1 heterocycles. The highest BCUT2D eigenvalue weighted by Gasteiger charge is 2.31. The molecule has 1 aliphatic rings. The zero-order valence-corrected chi connectivity index (χ0v) is 28.4. The fraction of sp³-hybridized carbons (Fsp3) is 0.526. The van der Waals surface area contributed by atoms with Gasteiger partial charge in [-0.2, -0.15) is 13.2 Å². The molecule has 0 aromatic heterocycles. The van der Waals surface area contributed by atoms with Crippen LogP contribution < -0.4 is 10.6 Å². The van der Waals surface area contributed by atoms with Crippen LogP contribution in [0.5, 0.6) is 0 Å². The molecule has 8 nitrogen and oxygen atoms in total. The first-order valence-electron chi connectivity index (χ1n) is 17.5. The highest BCUT2D eigenvalue weighted by Crippen LogP contribution is 2.30. The predicted molar refractivity (Wildman–Crippen MR) is 184 cm³/mol. The second-order valence-electron chi connectivity index (χ2n) is 12.8. The second-order valence-corrected chi connectivity index (χ2v) is 12.8. The zero-order valence-electron chi connectivity index (χ0n) is 28.4. The number of likely N-dealkylation sites (tertiary alicyclic amines) is 1. The lowest BCUT2D eigenvalue weighted by Crippen LogP contribution is -2.49. The first-order chi connectivity index (χ1) is 23.5. The van der Waals surface area contributed by atoms with E-state index < -0.39 is 29.7 Å². The summed E-state index contributed by atoms with van der Waals surface area (Å²) < 4.78 is 39.0. The van der Waals surface area contributed by atoms with E-state index in [1.807, 2.05) is 0 Å². The van der Waals surface area contributed by atoms with Crippen LogP contribution in [0.1, 0.15) is 111 Å². The van der Waals surface area contributed by atoms with Crippen molar-refractivity contribution in [2.24, 2.45) is 5.92 Å². The van der Waals surface area contributed by atoms with Crippen molar-refractivity contribution in [2.45, 2.75) is 103 Å². The molecule has 1 fully saturated rings. The molecule has 49 heavy (non-hydrogen) atoms. The Morgan fingerprint density at radius 1 is 0.898 bits per heavy atom. The van der Waals surface area contributed by atoms with Gasteiger partial charge in [-0.15, -0.1) is 0 Å². The molecule has 1 unspecified atom stereocenters. The van der Waals surface area contributed by atoms with Crippen molar-refractivity contribution < 1.29 is 37.5 Å². The smallest absolute Gasteiger partial charge is 0.416 e. The maximum Gasteiger partial charge on any atom is 0.416 e. The lowest BCUT2D eigenvalue weighted by Gasteiger charge is -2.36. The number of nitrogens with zero attached hydrogens (tertiary/aromatic N) is 1. The zero-order chi connectivity index (χ0) is 35.6. The number of amides is 3. The number of carboxylic acids is 1. The van der Waals surface area contributed by atoms with E-state index in [9.17, 15) is 37.5 Å². The number of rotatable bonds is 18. The minimum atomic E-state index is -4.48. The molecular formula is C38H50F3N3O5. The largest absolute Gasteiger partial charge is 0.474 e. The molecular weight excluding hydrogens is 635 g/mol. The van der Waals surface area contributed by atoms with E-state index in [4.69, 9.17) is 0 Å². The Kier molecular flexibility index (Phi) is 16.3. The molecule has 2 aromatic carbocycles. The summed E-state index contributed by atoms with van der Waals surface area (Å²) in [4.78, 5) is 50.5. The van der Waals surface area contributed by atoms with Crippen LogP contribution in [0.4, 0.5) is 13.2 Å². The number of nitrogens with one attached hydrogen (secondary N) is 2. The van der Waals surface area contributed by atoms with Crippen molar-refractivity contribution in [3.8, 4) is 0 Å². The summed E-state index contributed by atoms with van der Waals surface area (Å²) in [7, 11) is 0. The Labute approximate surface area is 287 Å². The van der Waals surface area contributed by atoms with Crippen LogP contribution in [0.2, 0.25) is 0 Å². The Hall–Kier alpha value is -4.15. The van der Waals surface area contributed by atoms with Crippen molar-refractivity contribution in [3.05, 3.63) is 76.9 Å². The number of carboxylic acid groups (broad SMARTS) is 1. The summed E-state index contributed by atoms with van der Waals surface area (Å²) in [6.07, 6.45) is 11.7. The molecule has 0 spiro atoms. The highest BCUT2D eigenvalue weighted by molar-refractivity contribution is 6.31. The predicted octanol–water partition coefficient (Wildman–Crippen LogP) is 7.42. The second kappa shape index (κ2) is 20.4. The van der Waals surface area contributed by atoms with E-state index in [0.717, 1.165) is 30.5 Å². The van der Waals surface area contributed by atoms with Gasteiger partial charge in [0.25, 0.3) is 5.91 Å². The molecule has 0 bridgehead atoms. The van der Waals surface area contributed by atoms with Crippen LogP contribution in [-0.4, -0.2) is 59.4 Å². The molecule has 3 N–H and O–H groups in total. The quantitative estimate of drug-likeness (QED) is 0.0859. The van der Waals surface area contributed by atoms with Crippen molar-refractivity contribution in [1.29, 1.82) is 0 Å². The van der Waals surface area contributed by atoms with Gasteiger partial charge in [-0.05, 0) is 73.1 Å². The fourth-order valence-corrected chi connectivity index (χ4v) is 6.14. The number of benzene rings is 2. The van der Waals surface area contributed by atoms with Crippen molar-refractivity contribution in [3.63, 3.8) is 0 Å². The number of hydrogen-bond donors (Lipinski definition) is 3. The van der Waals surface area contributed by atoms with Crippen LogP contribution in [0.3, 0.4) is 0 Å². The van der Waals surface area contributed by atoms with E-state index in [1.54, 1.807) is 29.2 Å². The topological polar surface area (TPSA) is 116 Å². The van der Waals surface area contributed by atoms with Gasteiger partial charge in [0.05, 0.1) is 5.56 Å². The standard InChI is InChI=1S/C38H50F3N3O5/c1-2-3-4-5-6-7-8-9-10-11-23-42-35(46)31-18-15-29(16-19-31)27-33(43-36(47)37(48)49)30-21-24-44(25-22-30)34(45)20-17-28-13-12-14-32(26-28)38(39,40)41/h12-20,26,30,33H,2-11,21-25,27H2,1H3,(H,42,46)(H,43,47)(H,48,49). The number of aliphatic carboxylic acids is 1. The van der Waals surface area contributed by atoms with E-state index in [1.165, 1.54) is 75.7 Å². The molecule has 1 atom stereocenters. The summed E-state index contributed by atoms with van der Waals surface area (Å²) in [5, 5.41) is 14.8. The van der Waals surface area contributed by atoms with E-state index in [-0.39, 0.29) is 23.3 Å². The van der Waals surface area contributed by atoms with Gasteiger partial charge < -0.3 is 20.6 Å². The number of piperidine rings is 1. The third kappa shape index (κ3) is 14.1. The van der Waals surface area contributed by atoms with Crippen molar-refractivity contribution in [2.75, 3.05) is 19.6 Å². The first-order valence-corrected chi connectivity index (χ1v) is 17.5. The maximum atomic E-state index is 13.0. The Morgan fingerprint density at radius 3 is 2.10 bits per heavy atom. The van der Waals surface area contributed by atoms with Crippen LogP contribution in [0.25, 0.3) is 6.08 Å². The maximum absolute atomic E-state index is 13.0. The van der Waals surface area contributed by atoms with E-state index >= 15 is 0 Å². The van der Waals surface area contributed by atoms with Gasteiger partial charge in [0.1, 0.15) is 0 Å². The number of alkyl halides is 3. The summed E-state index contributed by atoms with van der Waals surface area (Å²) in [6.45, 7) is 3.52. The summed E-state index contributed by atoms with van der Waals surface area (Å²) in [5.74, 6) is -3.33. The third-order valence-electron chi connectivity index (χ3n) is 9.05. The summed E-state index contributed by atoms with van der Waals surface area (Å²) in [5.41, 5.74) is 0.804. The molecule has 0 aliphatic carbocycles. The minimum absolute atomic E-state index is 0.121. The average Bonchev–Trinajstić information content (AvgIpc) is 3.09. The molecule has 2 aromatic rings. The van der Waals surface area contributed by atoms with E-state index in [2.05, 4.69) is 17.6 Å². The molecule has 268 valence electrons. The van der Waals surface area contributed by atoms with Crippen molar-refractivity contribution in [1.82, 2.24) is 15.5 Å². The molecule has 0 radical (unpaired) electrons. The van der Waals surface area contributed by atoms with Gasteiger partial charge in [-0.1, -0.05) is 89.0 Å². The normalized spacial score (nSPS) is 14.5. The molecule has 11 heteroatoms. The van der Waals surface area contributed by atoms with Gasteiger partial charge in [0, 0.05) is 37.3 Å². The number of carbonyl (C=O) groups is 4. The fourth-order valence-electron chi connectivity index (χ4n) is 6.14. The number of halogens is 3. The van der Waals surface area contributed by atoms with Crippen LogP contribution >= 0.6 is 0 Å². The average molecular weight is 686 g/mol. The number of carbonyl (C=O) groups excluding carboxylic acids is 3. The first kappa shape index (κ1) is 39.3. The van der Waals surface area contributed by atoms with Crippen LogP contribution in [0, 0.1) is 5.92 Å². The molecule has 1 saturated heterocycles. The Bertz CT molecular complexity index is 1390. The Balaban J connectivity index is 1.47. The lowest BCUT2D eigenvalue weighted by atomic mass is 9.85. The number of unbranched alkanes of at least 4 members (excludes halogenated alkanes) is 9. The van der Waals surface area contributed by atoms with E-state index in [0.29, 0.717) is 44.5 Å². The van der Waals surface area contributed by atoms with Gasteiger partial charge in [0.15, 0.2) is 0 Å². The highest BCUT2D eigenvalue weighted by atomic mass is 19.4. The summed E-state index contributed by atoms with van der Waals surface area (Å²) in [6, 6.07) is 11.2. The molecule has 3 rings (SSSR count). The molecule has 3 amide bonds. The number of hydrogen-bond acceptors (Lipinski definition) is 4. The molecule has 1 aliphatic heterocycles. The van der Waals surface area contributed by atoms with Gasteiger partial charge in [-0.25, -0.2) is 4.79 Å². The van der Waals surface area contributed by atoms with Gasteiger partial charge in [0.2, 0.25) is 5.91 Å². The lowest BCUT2D eigenvalue weighted by molar-refractivity contribution is -0.150. The molecule has 0 saturated carbocycles. The minimum Gasteiger partial charge on any atom is -0.474 e.